The molecule has 9 heteroatoms. The number of nitrogens with zero attached hydrogens (tertiary/aromatic N) is 3. The maximum absolute atomic E-state index is 13.3. The Hall–Kier alpha value is -2.91. The fourth-order valence-electron chi connectivity index (χ4n) is 3.10. The first kappa shape index (κ1) is 21.8. The largest absolute Gasteiger partial charge is 0.497 e. The summed E-state index contributed by atoms with van der Waals surface area (Å²) >= 11 is 0. The second kappa shape index (κ2) is 9.73. The summed E-state index contributed by atoms with van der Waals surface area (Å²) in [6.07, 6.45) is 1.55. The Morgan fingerprint density at radius 1 is 1.13 bits per heavy atom. The van der Waals surface area contributed by atoms with E-state index >= 15 is 0 Å². The number of carbonyl (C=O) groups excluding carboxylic acids is 1. The van der Waals surface area contributed by atoms with Crippen molar-refractivity contribution < 1.29 is 17.9 Å². The molecule has 0 aliphatic carbocycles. The molecular weight excluding hydrogens is 404 g/mol. The standard InChI is InChI=1S/C21H26N4O4S/c1-24-13-11-17(12-14-24)22-23-21(26)16-25(18-7-6-8-19(15-18)29-2)30(27,28)20-9-4-3-5-10-20/h3-10,15H,11-14,16H2,1-2H3,(H,23,26). The monoisotopic (exact) mass is 430 g/mol. The number of carbonyl (C=O) groups is 1. The SMILES string of the molecule is COc1cccc(N(CC(=O)NN=C2CCN(C)CC2)S(=O)(=O)c2ccccc2)c1. The third kappa shape index (κ3) is 5.37. The van der Waals surface area contributed by atoms with Crippen molar-refractivity contribution in [3.05, 3.63) is 54.6 Å². The molecule has 0 unspecified atom stereocenters. The van der Waals surface area contributed by atoms with Crippen LogP contribution in [-0.4, -0.2) is 58.7 Å². The Balaban J connectivity index is 1.84. The number of benzene rings is 2. The van der Waals surface area contributed by atoms with Crippen LogP contribution in [0.2, 0.25) is 0 Å². The van der Waals surface area contributed by atoms with E-state index in [1.807, 2.05) is 7.05 Å². The fourth-order valence-corrected chi connectivity index (χ4v) is 4.53. The Kier molecular flexibility index (Phi) is 7.07. The van der Waals surface area contributed by atoms with Crippen LogP contribution in [0.1, 0.15) is 12.8 Å². The van der Waals surface area contributed by atoms with Gasteiger partial charge in [-0.1, -0.05) is 24.3 Å². The Morgan fingerprint density at radius 2 is 1.83 bits per heavy atom. The zero-order valence-corrected chi connectivity index (χ0v) is 17.9. The van der Waals surface area contributed by atoms with Crippen LogP contribution in [0, 0.1) is 0 Å². The van der Waals surface area contributed by atoms with Crippen molar-refractivity contribution in [3.8, 4) is 5.75 Å². The molecule has 8 nitrogen and oxygen atoms in total. The molecular formula is C21H26N4O4S. The zero-order valence-electron chi connectivity index (χ0n) is 17.1. The van der Waals surface area contributed by atoms with Gasteiger partial charge in [0.05, 0.1) is 17.7 Å². The van der Waals surface area contributed by atoms with E-state index in [1.165, 1.54) is 19.2 Å². The minimum Gasteiger partial charge on any atom is -0.497 e. The van der Waals surface area contributed by atoms with Crippen LogP contribution in [0.3, 0.4) is 0 Å². The van der Waals surface area contributed by atoms with Crippen LogP contribution in [0.5, 0.6) is 5.75 Å². The zero-order chi connectivity index (χ0) is 21.6. The lowest BCUT2D eigenvalue weighted by atomic mass is 10.1. The third-order valence-corrected chi connectivity index (χ3v) is 6.65. The molecule has 0 radical (unpaired) electrons. The van der Waals surface area contributed by atoms with Gasteiger partial charge < -0.3 is 9.64 Å². The van der Waals surface area contributed by atoms with E-state index in [9.17, 15) is 13.2 Å². The first-order valence-electron chi connectivity index (χ1n) is 9.65. The van der Waals surface area contributed by atoms with Crippen molar-refractivity contribution in [3.63, 3.8) is 0 Å². The van der Waals surface area contributed by atoms with Crippen molar-refractivity contribution in [2.75, 3.05) is 38.1 Å². The first-order chi connectivity index (χ1) is 14.4. The molecule has 0 aromatic heterocycles. The number of rotatable bonds is 7. The molecule has 3 rings (SSSR count). The Labute approximate surface area is 177 Å². The van der Waals surface area contributed by atoms with Gasteiger partial charge in [-0.2, -0.15) is 5.10 Å². The quantitative estimate of drug-likeness (QED) is 0.679. The highest BCUT2D eigenvalue weighted by Gasteiger charge is 2.27. The van der Waals surface area contributed by atoms with Gasteiger partial charge in [-0.3, -0.25) is 9.10 Å². The van der Waals surface area contributed by atoms with Gasteiger partial charge in [0.2, 0.25) is 0 Å². The van der Waals surface area contributed by atoms with Crippen LogP contribution >= 0.6 is 0 Å². The van der Waals surface area contributed by atoms with Gasteiger partial charge in [0.25, 0.3) is 15.9 Å². The van der Waals surface area contributed by atoms with Crippen molar-refractivity contribution in [1.82, 2.24) is 10.3 Å². The molecule has 1 fully saturated rings. The van der Waals surface area contributed by atoms with Crippen LogP contribution in [-0.2, 0) is 14.8 Å². The maximum atomic E-state index is 13.3. The van der Waals surface area contributed by atoms with E-state index in [-0.39, 0.29) is 4.90 Å². The summed E-state index contributed by atoms with van der Waals surface area (Å²) < 4.78 is 32.8. The van der Waals surface area contributed by atoms with E-state index in [1.54, 1.807) is 42.5 Å². The van der Waals surface area contributed by atoms with E-state index < -0.39 is 22.5 Å². The lowest BCUT2D eigenvalue weighted by Crippen LogP contribution is -2.40. The van der Waals surface area contributed by atoms with Crippen molar-refractivity contribution in [1.29, 1.82) is 0 Å². The van der Waals surface area contributed by atoms with Gasteiger partial charge in [0.1, 0.15) is 12.3 Å². The minimum atomic E-state index is -3.96. The van der Waals surface area contributed by atoms with Gasteiger partial charge in [0.15, 0.2) is 0 Å². The summed E-state index contributed by atoms with van der Waals surface area (Å²) in [5.41, 5.74) is 3.75. The average Bonchev–Trinajstić information content (AvgIpc) is 2.77. The van der Waals surface area contributed by atoms with Crippen LogP contribution in [0.15, 0.2) is 64.6 Å². The molecule has 2 aromatic rings. The number of sulfonamides is 1. The van der Waals surface area contributed by atoms with E-state index in [2.05, 4.69) is 15.4 Å². The number of ether oxygens (including phenoxy) is 1. The molecule has 1 saturated heterocycles. The number of anilines is 1. The van der Waals surface area contributed by atoms with E-state index in [0.717, 1.165) is 35.9 Å². The molecule has 1 aliphatic rings. The minimum absolute atomic E-state index is 0.0993. The highest BCUT2D eigenvalue weighted by Crippen LogP contribution is 2.26. The molecule has 1 amide bonds. The molecule has 1 aliphatic heterocycles. The molecule has 160 valence electrons. The molecule has 0 saturated carbocycles. The summed E-state index contributed by atoms with van der Waals surface area (Å²) in [4.78, 5) is 14.9. The summed E-state index contributed by atoms with van der Waals surface area (Å²) in [5.74, 6) is -0.0171. The predicted molar refractivity (Wildman–Crippen MR) is 116 cm³/mol. The average molecular weight is 431 g/mol. The number of amides is 1. The Bertz CT molecular complexity index is 999. The van der Waals surface area contributed by atoms with Crippen molar-refractivity contribution in [2.45, 2.75) is 17.7 Å². The summed E-state index contributed by atoms with van der Waals surface area (Å²) in [5, 5.41) is 4.20. The fraction of sp³-hybridized carbons (Fsp3) is 0.333. The second-order valence-corrected chi connectivity index (χ2v) is 8.90. The number of hydrazone groups is 1. The number of likely N-dealkylation sites (tertiary alicyclic amines) is 1. The normalized spacial score (nSPS) is 14.8. The molecule has 30 heavy (non-hydrogen) atoms. The van der Waals surface area contributed by atoms with E-state index in [0.29, 0.717) is 11.4 Å². The van der Waals surface area contributed by atoms with Gasteiger partial charge in [-0.25, -0.2) is 13.8 Å². The van der Waals surface area contributed by atoms with Gasteiger partial charge >= 0.3 is 0 Å². The molecule has 1 N–H and O–H groups in total. The molecule has 0 spiro atoms. The number of hydrogen-bond donors (Lipinski definition) is 1. The number of hydrogen-bond acceptors (Lipinski definition) is 6. The van der Waals surface area contributed by atoms with Gasteiger partial charge in [-0.15, -0.1) is 0 Å². The first-order valence-corrected chi connectivity index (χ1v) is 11.1. The second-order valence-electron chi connectivity index (χ2n) is 7.04. The number of methoxy groups -OCH3 is 1. The van der Waals surface area contributed by atoms with Crippen LogP contribution in [0.4, 0.5) is 5.69 Å². The van der Waals surface area contributed by atoms with Crippen LogP contribution in [0.25, 0.3) is 0 Å². The van der Waals surface area contributed by atoms with Crippen LogP contribution < -0.4 is 14.5 Å². The molecule has 0 bridgehead atoms. The smallest absolute Gasteiger partial charge is 0.264 e. The van der Waals surface area contributed by atoms with E-state index in [4.69, 9.17) is 4.74 Å². The summed E-state index contributed by atoms with van der Waals surface area (Å²) in [7, 11) is -0.426. The number of nitrogens with one attached hydrogen (secondary N) is 1. The van der Waals surface area contributed by atoms with Crippen molar-refractivity contribution in [2.24, 2.45) is 5.10 Å². The molecule has 1 heterocycles. The summed E-state index contributed by atoms with van der Waals surface area (Å²) in [6, 6.07) is 14.6. The lowest BCUT2D eigenvalue weighted by molar-refractivity contribution is -0.119. The lowest BCUT2D eigenvalue weighted by Gasteiger charge is -2.25. The summed E-state index contributed by atoms with van der Waals surface area (Å²) in [6.45, 7) is 1.36. The topological polar surface area (TPSA) is 91.3 Å². The van der Waals surface area contributed by atoms with Gasteiger partial charge in [-0.05, 0) is 31.3 Å². The highest BCUT2D eigenvalue weighted by molar-refractivity contribution is 7.92. The third-order valence-electron chi connectivity index (χ3n) is 4.86. The molecule has 0 atom stereocenters. The maximum Gasteiger partial charge on any atom is 0.264 e. The Morgan fingerprint density at radius 3 is 2.50 bits per heavy atom. The van der Waals surface area contributed by atoms with Crippen molar-refractivity contribution >= 4 is 27.3 Å². The predicted octanol–water partition coefficient (Wildman–Crippen LogP) is 2.09. The van der Waals surface area contributed by atoms with Gasteiger partial charge in [0, 0.05) is 37.7 Å². The highest BCUT2D eigenvalue weighted by atomic mass is 32.2. The number of piperidine rings is 1. The molecule has 2 aromatic carbocycles.